The maximum atomic E-state index is 12.2. The second-order valence-electron chi connectivity index (χ2n) is 7.12. The molecule has 1 aromatic carbocycles. The Hall–Kier alpha value is -2.34. The molecule has 2 N–H and O–H groups in total. The summed E-state index contributed by atoms with van der Waals surface area (Å²) < 4.78 is 1.50. The zero-order chi connectivity index (χ0) is 18.5. The lowest BCUT2D eigenvalue weighted by Gasteiger charge is -2.33. The summed E-state index contributed by atoms with van der Waals surface area (Å²) in [6, 6.07) is 7.74. The molecular formula is C20H28N4O2. The summed E-state index contributed by atoms with van der Waals surface area (Å²) in [6.07, 6.45) is 6.48. The van der Waals surface area contributed by atoms with Crippen molar-refractivity contribution in [3.05, 3.63) is 40.8 Å². The number of urea groups is 1. The maximum absolute atomic E-state index is 12.2. The van der Waals surface area contributed by atoms with Gasteiger partial charge >= 0.3 is 6.03 Å². The van der Waals surface area contributed by atoms with Gasteiger partial charge < -0.3 is 20.1 Å². The van der Waals surface area contributed by atoms with Crippen molar-refractivity contribution in [1.29, 1.82) is 0 Å². The van der Waals surface area contributed by atoms with E-state index in [1.165, 1.54) is 23.8 Å². The zero-order valence-electron chi connectivity index (χ0n) is 15.6. The number of nitrogens with one attached hydrogen (secondary N) is 2. The number of fused-ring (bicyclic) bond motifs is 1. The first-order valence-corrected chi connectivity index (χ1v) is 9.43. The van der Waals surface area contributed by atoms with Gasteiger partial charge in [-0.25, -0.2) is 4.79 Å². The molecular weight excluding hydrogens is 328 g/mol. The van der Waals surface area contributed by atoms with Gasteiger partial charge in [-0.15, -0.1) is 0 Å². The average molecular weight is 356 g/mol. The van der Waals surface area contributed by atoms with Crippen LogP contribution in [-0.2, 0) is 7.05 Å². The maximum Gasteiger partial charge on any atom is 0.319 e. The predicted molar refractivity (Wildman–Crippen MR) is 106 cm³/mol. The van der Waals surface area contributed by atoms with Crippen LogP contribution in [0.4, 0.5) is 10.5 Å². The summed E-state index contributed by atoms with van der Waals surface area (Å²) >= 11 is 0. The highest BCUT2D eigenvalue weighted by Crippen LogP contribution is 2.20. The van der Waals surface area contributed by atoms with Crippen LogP contribution in [-0.4, -0.2) is 41.2 Å². The molecule has 1 aromatic heterocycles. The van der Waals surface area contributed by atoms with E-state index >= 15 is 0 Å². The molecule has 0 saturated carbocycles. The molecule has 2 aromatic rings. The van der Waals surface area contributed by atoms with E-state index in [4.69, 9.17) is 0 Å². The number of aryl methyl sites for hydroxylation is 1. The number of carbonyl (C=O) groups is 1. The first-order valence-electron chi connectivity index (χ1n) is 9.43. The Morgan fingerprint density at radius 2 is 2.00 bits per heavy atom. The van der Waals surface area contributed by atoms with Crippen LogP contribution in [0, 0.1) is 0 Å². The van der Waals surface area contributed by atoms with Crippen LogP contribution in [0.3, 0.4) is 0 Å². The molecule has 1 unspecified atom stereocenters. The Morgan fingerprint density at radius 3 is 2.77 bits per heavy atom. The number of piperidine rings is 1. The van der Waals surface area contributed by atoms with Crippen molar-refractivity contribution < 1.29 is 4.79 Å². The van der Waals surface area contributed by atoms with Gasteiger partial charge in [0, 0.05) is 43.1 Å². The molecule has 1 aliphatic heterocycles. The minimum Gasteiger partial charge on any atom is -0.338 e. The van der Waals surface area contributed by atoms with E-state index in [0.29, 0.717) is 23.7 Å². The van der Waals surface area contributed by atoms with Crippen molar-refractivity contribution in [2.24, 2.45) is 7.05 Å². The van der Waals surface area contributed by atoms with E-state index in [9.17, 15) is 9.59 Å². The van der Waals surface area contributed by atoms with Gasteiger partial charge in [0.15, 0.2) is 0 Å². The Labute approximate surface area is 154 Å². The Morgan fingerprint density at radius 1 is 1.23 bits per heavy atom. The lowest BCUT2D eigenvalue weighted by atomic mass is 10.0. The molecule has 1 saturated heterocycles. The molecule has 0 radical (unpaired) electrons. The van der Waals surface area contributed by atoms with Gasteiger partial charge in [0.1, 0.15) is 0 Å². The van der Waals surface area contributed by atoms with Crippen molar-refractivity contribution in [2.45, 2.75) is 38.6 Å². The smallest absolute Gasteiger partial charge is 0.319 e. The van der Waals surface area contributed by atoms with Gasteiger partial charge in [0.05, 0.1) is 5.69 Å². The number of likely N-dealkylation sites (tertiary alicyclic amines) is 1. The van der Waals surface area contributed by atoms with E-state index < -0.39 is 0 Å². The minimum absolute atomic E-state index is 0.0674. The van der Waals surface area contributed by atoms with Gasteiger partial charge in [-0.2, -0.15) is 0 Å². The fraction of sp³-hybridized carbons (Fsp3) is 0.500. The molecule has 1 atom stereocenters. The number of hydrogen-bond acceptors (Lipinski definition) is 3. The largest absolute Gasteiger partial charge is 0.338 e. The fourth-order valence-corrected chi connectivity index (χ4v) is 3.66. The van der Waals surface area contributed by atoms with Gasteiger partial charge in [0.25, 0.3) is 5.56 Å². The summed E-state index contributed by atoms with van der Waals surface area (Å²) in [6.45, 7) is 5.10. The lowest BCUT2D eigenvalue weighted by molar-refractivity contribution is 0.159. The number of nitrogens with zero attached hydrogens (tertiary/aromatic N) is 2. The normalized spacial score (nSPS) is 18.0. The van der Waals surface area contributed by atoms with E-state index in [-0.39, 0.29) is 11.6 Å². The van der Waals surface area contributed by atoms with Gasteiger partial charge in [-0.05, 0) is 38.8 Å². The number of anilines is 1. The molecule has 2 heterocycles. The Balaban J connectivity index is 1.55. The standard InChI is InChI=1S/C20H28N4O2/c1-15-8-5-6-12-24(15)13-7-11-21-20(26)22-18-14-23(2)19(25)17-10-4-3-9-16(17)18/h3-4,9-10,14-15H,5-8,11-13H2,1-2H3,(H2,21,22,26). The highest BCUT2D eigenvalue weighted by atomic mass is 16.2. The third kappa shape index (κ3) is 4.25. The number of hydrogen-bond donors (Lipinski definition) is 2. The first kappa shape index (κ1) is 18.5. The van der Waals surface area contributed by atoms with E-state index in [1.807, 2.05) is 18.2 Å². The van der Waals surface area contributed by atoms with Crippen molar-refractivity contribution in [3.63, 3.8) is 0 Å². The van der Waals surface area contributed by atoms with Gasteiger partial charge in [0.2, 0.25) is 0 Å². The van der Waals surface area contributed by atoms with Crippen molar-refractivity contribution >= 4 is 22.5 Å². The topological polar surface area (TPSA) is 66.4 Å². The second-order valence-corrected chi connectivity index (χ2v) is 7.12. The molecule has 0 bridgehead atoms. The predicted octanol–water partition coefficient (Wildman–Crippen LogP) is 2.92. The average Bonchev–Trinajstić information content (AvgIpc) is 2.64. The van der Waals surface area contributed by atoms with Crippen molar-refractivity contribution in [3.8, 4) is 0 Å². The molecule has 2 amide bonds. The lowest BCUT2D eigenvalue weighted by Crippen LogP contribution is -2.39. The number of carbonyl (C=O) groups excluding carboxylic acids is 1. The molecule has 0 spiro atoms. The third-order valence-electron chi connectivity index (χ3n) is 5.19. The summed E-state index contributed by atoms with van der Waals surface area (Å²) in [5.74, 6) is 0. The summed E-state index contributed by atoms with van der Waals surface area (Å²) in [4.78, 5) is 26.9. The van der Waals surface area contributed by atoms with E-state index in [1.54, 1.807) is 19.3 Å². The Kier molecular flexibility index (Phi) is 5.93. The number of pyridine rings is 1. The summed E-state index contributed by atoms with van der Waals surface area (Å²) in [5, 5.41) is 7.16. The quantitative estimate of drug-likeness (QED) is 0.810. The molecule has 3 rings (SSSR count). The van der Waals surface area contributed by atoms with Gasteiger partial charge in [-0.3, -0.25) is 4.79 Å². The highest BCUT2D eigenvalue weighted by Gasteiger charge is 2.17. The van der Waals surface area contributed by atoms with Crippen LogP contribution >= 0.6 is 0 Å². The van der Waals surface area contributed by atoms with Crippen LogP contribution in [0.25, 0.3) is 10.8 Å². The van der Waals surface area contributed by atoms with Crippen LogP contribution in [0.2, 0.25) is 0 Å². The van der Waals surface area contributed by atoms with E-state index in [0.717, 1.165) is 24.9 Å². The van der Waals surface area contributed by atoms with Crippen LogP contribution in [0.1, 0.15) is 32.6 Å². The minimum atomic E-state index is -0.236. The van der Waals surface area contributed by atoms with Crippen molar-refractivity contribution in [2.75, 3.05) is 25.0 Å². The highest BCUT2D eigenvalue weighted by molar-refractivity contribution is 6.00. The van der Waals surface area contributed by atoms with Crippen LogP contribution in [0.5, 0.6) is 0 Å². The number of amides is 2. The molecule has 140 valence electrons. The zero-order valence-corrected chi connectivity index (χ0v) is 15.6. The summed E-state index contributed by atoms with van der Waals surface area (Å²) in [5.41, 5.74) is 0.576. The first-order chi connectivity index (χ1) is 12.6. The monoisotopic (exact) mass is 356 g/mol. The molecule has 1 aliphatic rings. The second kappa shape index (κ2) is 8.36. The van der Waals surface area contributed by atoms with Crippen LogP contribution < -0.4 is 16.2 Å². The SMILES string of the molecule is CC1CCCCN1CCCNC(=O)Nc1cn(C)c(=O)c2ccccc12. The molecule has 1 fully saturated rings. The molecule has 6 heteroatoms. The molecule has 0 aliphatic carbocycles. The van der Waals surface area contributed by atoms with Crippen LogP contribution in [0.15, 0.2) is 35.3 Å². The molecule has 6 nitrogen and oxygen atoms in total. The third-order valence-corrected chi connectivity index (χ3v) is 5.19. The molecule has 26 heavy (non-hydrogen) atoms. The van der Waals surface area contributed by atoms with E-state index in [2.05, 4.69) is 22.5 Å². The van der Waals surface area contributed by atoms with Crippen molar-refractivity contribution in [1.82, 2.24) is 14.8 Å². The fourth-order valence-electron chi connectivity index (χ4n) is 3.66. The number of benzene rings is 1. The Bertz CT molecular complexity index is 830. The summed E-state index contributed by atoms with van der Waals surface area (Å²) in [7, 11) is 1.69. The number of rotatable bonds is 5. The van der Waals surface area contributed by atoms with Gasteiger partial charge in [-0.1, -0.05) is 24.6 Å². The number of aromatic nitrogens is 1.